The van der Waals surface area contributed by atoms with Crippen molar-refractivity contribution in [2.45, 2.75) is 31.7 Å². The summed E-state index contributed by atoms with van der Waals surface area (Å²) < 4.78 is 6.63. The number of aromatic nitrogens is 2. The number of likely N-dealkylation sites (tertiary alicyclic amines) is 2. The average Bonchev–Trinajstić information content (AvgIpc) is 3.13. The maximum absolute atomic E-state index is 12.6. The van der Waals surface area contributed by atoms with Crippen molar-refractivity contribution in [3.8, 4) is 0 Å². The number of methoxy groups -OCH3 is 1. The van der Waals surface area contributed by atoms with Crippen molar-refractivity contribution in [3.05, 3.63) is 18.0 Å². The van der Waals surface area contributed by atoms with Gasteiger partial charge >= 0.3 is 0 Å². The molecular weight excluding hydrogens is 346 g/mol. The first-order valence-electron chi connectivity index (χ1n) is 9.88. The SMILES string of the molecule is COCCNC(=O)C1CCCN(C2CCN(C(=O)c3ccnn3C)CC2)C1. The molecule has 8 nitrogen and oxygen atoms in total. The lowest BCUT2D eigenvalue weighted by Gasteiger charge is -2.42. The molecular formula is C19H31N5O3. The maximum Gasteiger partial charge on any atom is 0.272 e. The van der Waals surface area contributed by atoms with E-state index < -0.39 is 0 Å². The van der Waals surface area contributed by atoms with Crippen LogP contribution in [0.25, 0.3) is 0 Å². The summed E-state index contributed by atoms with van der Waals surface area (Å²) in [4.78, 5) is 29.3. The van der Waals surface area contributed by atoms with Crippen LogP contribution in [0, 0.1) is 5.92 Å². The normalized spacial score (nSPS) is 22.0. The molecule has 8 heteroatoms. The Labute approximate surface area is 160 Å². The zero-order chi connectivity index (χ0) is 19.2. The molecule has 2 aliphatic heterocycles. The lowest BCUT2D eigenvalue weighted by Crippen LogP contribution is -2.51. The number of piperidine rings is 2. The molecule has 0 aromatic carbocycles. The van der Waals surface area contributed by atoms with Crippen LogP contribution in [0.3, 0.4) is 0 Å². The molecule has 0 saturated carbocycles. The molecule has 2 saturated heterocycles. The highest BCUT2D eigenvalue weighted by atomic mass is 16.5. The summed E-state index contributed by atoms with van der Waals surface area (Å²) in [7, 11) is 3.44. The van der Waals surface area contributed by atoms with Crippen molar-refractivity contribution < 1.29 is 14.3 Å². The zero-order valence-corrected chi connectivity index (χ0v) is 16.4. The van der Waals surface area contributed by atoms with Crippen LogP contribution in [0.4, 0.5) is 0 Å². The molecule has 1 aromatic heterocycles. The molecule has 0 spiro atoms. The highest BCUT2D eigenvalue weighted by Gasteiger charge is 2.33. The van der Waals surface area contributed by atoms with E-state index in [2.05, 4.69) is 15.3 Å². The van der Waals surface area contributed by atoms with Gasteiger partial charge in [-0.25, -0.2) is 0 Å². The minimum atomic E-state index is 0.0579. The van der Waals surface area contributed by atoms with E-state index in [1.807, 2.05) is 4.90 Å². The van der Waals surface area contributed by atoms with Gasteiger partial charge in [-0.1, -0.05) is 0 Å². The quantitative estimate of drug-likeness (QED) is 0.731. The topological polar surface area (TPSA) is 79.7 Å². The summed E-state index contributed by atoms with van der Waals surface area (Å²) in [5.74, 6) is 0.257. The highest BCUT2D eigenvalue weighted by molar-refractivity contribution is 5.92. The Morgan fingerprint density at radius 3 is 2.70 bits per heavy atom. The van der Waals surface area contributed by atoms with Crippen molar-refractivity contribution in [2.24, 2.45) is 13.0 Å². The fourth-order valence-corrected chi connectivity index (χ4v) is 4.15. The Morgan fingerprint density at radius 1 is 1.26 bits per heavy atom. The van der Waals surface area contributed by atoms with Crippen molar-refractivity contribution in [3.63, 3.8) is 0 Å². The summed E-state index contributed by atoms with van der Waals surface area (Å²) >= 11 is 0. The fraction of sp³-hybridized carbons (Fsp3) is 0.737. The van der Waals surface area contributed by atoms with Crippen LogP contribution < -0.4 is 5.32 Å². The van der Waals surface area contributed by atoms with E-state index in [4.69, 9.17) is 4.74 Å². The molecule has 0 aliphatic carbocycles. The van der Waals surface area contributed by atoms with Gasteiger partial charge in [0.15, 0.2) is 0 Å². The minimum absolute atomic E-state index is 0.0579. The van der Waals surface area contributed by atoms with Crippen LogP contribution in [-0.2, 0) is 16.6 Å². The van der Waals surface area contributed by atoms with E-state index in [0.717, 1.165) is 51.9 Å². The minimum Gasteiger partial charge on any atom is -0.383 e. The van der Waals surface area contributed by atoms with Crippen LogP contribution in [0.2, 0.25) is 0 Å². The molecule has 2 amide bonds. The lowest BCUT2D eigenvalue weighted by molar-refractivity contribution is -0.127. The van der Waals surface area contributed by atoms with E-state index >= 15 is 0 Å². The van der Waals surface area contributed by atoms with E-state index in [1.54, 1.807) is 31.1 Å². The lowest BCUT2D eigenvalue weighted by atomic mass is 9.93. The number of nitrogens with zero attached hydrogens (tertiary/aromatic N) is 4. The van der Waals surface area contributed by atoms with Gasteiger partial charge in [-0.15, -0.1) is 0 Å². The smallest absolute Gasteiger partial charge is 0.272 e. The second-order valence-electron chi connectivity index (χ2n) is 7.48. The Balaban J connectivity index is 1.48. The van der Waals surface area contributed by atoms with Gasteiger partial charge in [0.25, 0.3) is 5.91 Å². The van der Waals surface area contributed by atoms with Crippen molar-refractivity contribution >= 4 is 11.8 Å². The molecule has 2 aliphatic rings. The molecule has 27 heavy (non-hydrogen) atoms. The van der Waals surface area contributed by atoms with Crippen molar-refractivity contribution in [2.75, 3.05) is 46.4 Å². The van der Waals surface area contributed by atoms with Gasteiger partial charge in [0, 0.05) is 52.6 Å². The van der Waals surface area contributed by atoms with Gasteiger partial charge in [0.2, 0.25) is 5.91 Å². The largest absolute Gasteiger partial charge is 0.383 e. The molecule has 0 bridgehead atoms. The predicted molar refractivity (Wildman–Crippen MR) is 101 cm³/mol. The molecule has 3 heterocycles. The standard InChI is InChI=1S/C19H31N5O3/c1-22-17(5-8-21-22)19(26)23-11-6-16(7-12-23)24-10-3-4-15(14-24)18(25)20-9-13-27-2/h5,8,15-16H,3-4,6-7,9-14H2,1-2H3,(H,20,25). The number of carbonyl (C=O) groups excluding carboxylic acids is 2. The number of amides is 2. The van der Waals surface area contributed by atoms with Gasteiger partial charge in [-0.3, -0.25) is 19.2 Å². The summed E-state index contributed by atoms with van der Waals surface area (Å²) in [6, 6.07) is 2.22. The van der Waals surface area contributed by atoms with E-state index in [9.17, 15) is 9.59 Å². The monoisotopic (exact) mass is 377 g/mol. The Kier molecular flexibility index (Phi) is 6.84. The Morgan fingerprint density at radius 2 is 2.04 bits per heavy atom. The maximum atomic E-state index is 12.6. The van der Waals surface area contributed by atoms with Gasteiger partial charge in [-0.05, 0) is 38.3 Å². The fourth-order valence-electron chi connectivity index (χ4n) is 4.15. The van der Waals surface area contributed by atoms with Gasteiger partial charge < -0.3 is 15.0 Å². The van der Waals surface area contributed by atoms with E-state index in [0.29, 0.717) is 24.9 Å². The Bertz CT molecular complexity index is 639. The molecule has 150 valence electrons. The second-order valence-corrected chi connectivity index (χ2v) is 7.48. The molecule has 1 N–H and O–H groups in total. The third-order valence-corrected chi connectivity index (χ3v) is 5.74. The van der Waals surface area contributed by atoms with Crippen molar-refractivity contribution in [1.29, 1.82) is 0 Å². The number of ether oxygens (including phenoxy) is 1. The summed E-state index contributed by atoms with van der Waals surface area (Å²) in [6.45, 7) is 4.50. The molecule has 1 aromatic rings. The Hall–Kier alpha value is -1.93. The van der Waals surface area contributed by atoms with Crippen molar-refractivity contribution in [1.82, 2.24) is 24.9 Å². The summed E-state index contributed by atoms with van der Waals surface area (Å²) in [6.07, 6.45) is 5.58. The van der Waals surface area contributed by atoms with E-state index in [1.165, 1.54) is 0 Å². The first kappa shape index (κ1) is 19.8. The van der Waals surface area contributed by atoms with Gasteiger partial charge in [0.1, 0.15) is 5.69 Å². The predicted octanol–water partition coefficient (Wildman–Crippen LogP) is 0.499. The molecule has 0 radical (unpaired) electrons. The number of carbonyl (C=O) groups is 2. The summed E-state index contributed by atoms with van der Waals surface area (Å²) in [5.41, 5.74) is 0.638. The molecule has 1 unspecified atom stereocenters. The van der Waals surface area contributed by atoms with Gasteiger partial charge in [0.05, 0.1) is 12.5 Å². The first-order chi connectivity index (χ1) is 13.1. The molecule has 2 fully saturated rings. The van der Waals surface area contributed by atoms with Gasteiger partial charge in [-0.2, -0.15) is 5.10 Å². The van der Waals surface area contributed by atoms with Crippen LogP contribution in [-0.4, -0.2) is 83.9 Å². The third kappa shape index (κ3) is 4.87. The molecule has 3 rings (SSSR count). The highest BCUT2D eigenvalue weighted by Crippen LogP contribution is 2.24. The number of hydrogen-bond acceptors (Lipinski definition) is 5. The number of hydrogen-bond donors (Lipinski definition) is 1. The number of aryl methyl sites for hydroxylation is 1. The van der Waals surface area contributed by atoms with Crippen LogP contribution in [0.1, 0.15) is 36.2 Å². The molecule has 1 atom stereocenters. The second kappa shape index (κ2) is 9.32. The zero-order valence-electron chi connectivity index (χ0n) is 16.4. The van der Waals surface area contributed by atoms with Crippen LogP contribution in [0.15, 0.2) is 12.3 Å². The third-order valence-electron chi connectivity index (χ3n) is 5.74. The van der Waals surface area contributed by atoms with Crippen LogP contribution >= 0.6 is 0 Å². The average molecular weight is 377 g/mol. The first-order valence-corrected chi connectivity index (χ1v) is 9.88. The number of nitrogens with one attached hydrogen (secondary N) is 1. The van der Waals surface area contributed by atoms with Crippen LogP contribution in [0.5, 0.6) is 0 Å². The number of rotatable bonds is 6. The van der Waals surface area contributed by atoms with E-state index in [-0.39, 0.29) is 17.7 Å². The summed E-state index contributed by atoms with van der Waals surface area (Å²) in [5, 5.41) is 7.06.